The fraction of sp³-hybridized carbons (Fsp3) is 0.0513. The minimum Gasteiger partial charge on any atom is -0.504 e. The fourth-order valence-electron chi connectivity index (χ4n) is 6.54. The summed E-state index contributed by atoms with van der Waals surface area (Å²) in [5.74, 6) is 0.867. The Morgan fingerprint density at radius 2 is 1.48 bits per heavy atom. The van der Waals surface area contributed by atoms with Crippen molar-refractivity contribution < 1.29 is 21.1 Å². The van der Waals surface area contributed by atoms with Gasteiger partial charge in [-0.3, -0.25) is 4.98 Å². The molecular formula is C39H27N6Pt-3. The van der Waals surface area contributed by atoms with Crippen LogP contribution in [0.15, 0.2) is 121 Å². The van der Waals surface area contributed by atoms with Gasteiger partial charge in [0.05, 0.1) is 16.9 Å². The van der Waals surface area contributed by atoms with Gasteiger partial charge in [-0.05, 0) is 59.4 Å². The fourth-order valence-corrected chi connectivity index (χ4v) is 6.54. The molecule has 1 aliphatic heterocycles. The van der Waals surface area contributed by atoms with E-state index in [9.17, 15) is 0 Å². The molecule has 0 aliphatic carbocycles. The molecule has 0 spiro atoms. The van der Waals surface area contributed by atoms with Crippen LogP contribution >= 0.6 is 0 Å². The first-order valence-corrected chi connectivity index (χ1v) is 15.0. The molecule has 0 unspecified atom stereocenters. The van der Waals surface area contributed by atoms with Crippen molar-refractivity contribution >= 4 is 50.0 Å². The van der Waals surface area contributed by atoms with Gasteiger partial charge in [-0.25, -0.2) is 4.98 Å². The Hall–Kier alpha value is -5.19. The van der Waals surface area contributed by atoms with E-state index in [1.807, 2.05) is 18.3 Å². The van der Waals surface area contributed by atoms with E-state index >= 15 is 0 Å². The molecule has 0 fully saturated rings. The smallest absolute Gasteiger partial charge is 0.132 e. The summed E-state index contributed by atoms with van der Waals surface area (Å²) >= 11 is 0. The van der Waals surface area contributed by atoms with Crippen molar-refractivity contribution in [3.05, 3.63) is 140 Å². The molecule has 8 aromatic rings. The number of aryl methyl sites for hydroxylation is 1. The van der Waals surface area contributed by atoms with Gasteiger partial charge in [0.15, 0.2) is 0 Å². The average molecular weight is 775 g/mol. The van der Waals surface area contributed by atoms with E-state index in [-0.39, 0.29) is 21.1 Å². The Kier molecular flexibility index (Phi) is 6.77. The molecule has 9 rings (SSSR count). The second-order valence-corrected chi connectivity index (χ2v) is 11.4. The van der Waals surface area contributed by atoms with E-state index < -0.39 is 0 Å². The van der Waals surface area contributed by atoms with E-state index in [0.29, 0.717) is 0 Å². The maximum absolute atomic E-state index is 5.06. The molecular weight excluding hydrogens is 748 g/mol. The molecule has 46 heavy (non-hydrogen) atoms. The third-order valence-electron chi connectivity index (χ3n) is 8.74. The Labute approximate surface area is 281 Å². The minimum absolute atomic E-state index is 0. The summed E-state index contributed by atoms with van der Waals surface area (Å²) in [7, 11) is 4.15. The number of nitrogens with zero attached hydrogens (tertiary/aromatic N) is 6. The number of pyridine rings is 1. The third kappa shape index (κ3) is 4.36. The zero-order chi connectivity index (χ0) is 30.1. The molecule has 0 atom stereocenters. The van der Waals surface area contributed by atoms with Crippen molar-refractivity contribution in [1.29, 1.82) is 0 Å². The van der Waals surface area contributed by atoms with Gasteiger partial charge < -0.3 is 18.9 Å². The van der Waals surface area contributed by atoms with Crippen molar-refractivity contribution in [3.63, 3.8) is 0 Å². The van der Waals surface area contributed by atoms with Crippen LogP contribution in [0.1, 0.15) is 0 Å². The molecule has 0 bridgehead atoms. The number of anilines is 3. The Morgan fingerprint density at radius 1 is 0.674 bits per heavy atom. The topological polar surface area (TPSA) is 42.1 Å². The molecule has 226 valence electrons. The molecule has 3 aromatic heterocycles. The summed E-state index contributed by atoms with van der Waals surface area (Å²) in [6.07, 6.45) is 1.84. The zero-order valence-electron chi connectivity index (χ0n) is 25.1. The van der Waals surface area contributed by atoms with Crippen molar-refractivity contribution in [2.24, 2.45) is 7.05 Å². The number of imidazole rings is 1. The van der Waals surface area contributed by atoms with Crippen LogP contribution in [-0.4, -0.2) is 26.1 Å². The van der Waals surface area contributed by atoms with Crippen LogP contribution in [0.3, 0.4) is 0 Å². The summed E-state index contributed by atoms with van der Waals surface area (Å²) in [4.78, 5) is 14.2. The number of fused-ring (bicyclic) bond motifs is 5. The van der Waals surface area contributed by atoms with E-state index in [1.54, 1.807) is 0 Å². The van der Waals surface area contributed by atoms with Crippen LogP contribution in [0.2, 0.25) is 0 Å². The van der Waals surface area contributed by atoms with Gasteiger partial charge in [0.25, 0.3) is 0 Å². The van der Waals surface area contributed by atoms with Crippen LogP contribution < -0.4 is 9.80 Å². The largest absolute Gasteiger partial charge is 0.504 e. The molecule has 0 saturated carbocycles. The van der Waals surface area contributed by atoms with Gasteiger partial charge in [0.2, 0.25) is 0 Å². The van der Waals surface area contributed by atoms with Gasteiger partial charge in [-0.2, -0.15) is 12.7 Å². The Balaban J connectivity index is 0.00000312. The molecule has 0 saturated heterocycles. The zero-order valence-corrected chi connectivity index (χ0v) is 27.4. The summed E-state index contributed by atoms with van der Waals surface area (Å²) in [5, 5.41) is 2.16. The summed E-state index contributed by atoms with van der Waals surface area (Å²) in [5.41, 5.74) is 11.3. The number of para-hydroxylation sites is 2. The first-order chi connectivity index (χ1) is 22.1. The number of hydrogen-bond acceptors (Lipinski definition) is 4. The quantitative estimate of drug-likeness (QED) is 0.168. The number of aromatic nitrogens is 4. The van der Waals surface area contributed by atoms with Crippen LogP contribution in [0, 0.1) is 18.8 Å². The van der Waals surface area contributed by atoms with Gasteiger partial charge in [0.1, 0.15) is 5.65 Å². The van der Waals surface area contributed by atoms with Gasteiger partial charge in [-0.15, -0.1) is 47.6 Å². The molecule has 0 amide bonds. The molecule has 0 radical (unpaired) electrons. The van der Waals surface area contributed by atoms with Gasteiger partial charge >= 0.3 is 0 Å². The van der Waals surface area contributed by atoms with E-state index in [2.05, 4.69) is 155 Å². The van der Waals surface area contributed by atoms with Crippen molar-refractivity contribution in [3.8, 4) is 28.2 Å². The SMILES string of the molecule is CN1[CH-]N(c2[c-]c(-n3c4[c-]c(-c5nc6ccc(-c7ccccc7)cc6n5C)ccc4c4cccnc43)ccc2)c2ccccc21.[Pt]. The molecule has 4 heterocycles. The average Bonchev–Trinajstić information content (AvgIpc) is 3.73. The minimum atomic E-state index is 0. The van der Waals surface area contributed by atoms with Gasteiger partial charge in [0, 0.05) is 45.7 Å². The van der Waals surface area contributed by atoms with Crippen molar-refractivity contribution in [1.82, 2.24) is 19.1 Å². The van der Waals surface area contributed by atoms with Crippen LogP contribution in [-0.2, 0) is 28.1 Å². The normalized spacial score (nSPS) is 12.7. The van der Waals surface area contributed by atoms with Crippen molar-refractivity contribution in [2.75, 3.05) is 16.8 Å². The van der Waals surface area contributed by atoms with Gasteiger partial charge in [-0.1, -0.05) is 65.7 Å². The van der Waals surface area contributed by atoms with E-state index in [4.69, 9.17) is 9.97 Å². The number of hydrogen-bond donors (Lipinski definition) is 0. The summed E-state index contributed by atoms with van der Waals surface area (Å²) < 4.78 is 4.33. The first-order valence-electron chi connectivity index (χ1n) is 15.0. The standard InChI is InChI=1S/C39H27N6.Pt/c1-42-25-44(35-16-7-6-15-34(35)42)29-12-8-13-30(24-29)45-36-23-28(17-19-31(36)32-14-9-21-40-39(32)45)38-41-33-20-18-27(22-37(33)43(38)2)26-10-4-3-5-11-26;/h3-22,25H,1-2H3;/q-3;. The molecule has 5 aromatic carbocycles. The third-order valence-corrected chi connectivity index (χ3v) is 8.74. The molecule has 1 aliphatic rings. The molecule has 7 heteroatoms. The van der Waals surface area contributed by atoms with E-state index in [0.717, 1.165) is 67.1 Å². The molecule has 6 nitrogen and oxygen atoms in total. The Morgan fingerprint density at radius 3 is 2.35 bits per heavy atom. The second kappa shape index (κ2) is 11.0. The first kappa shape index (κ1) is 28.3. The van der Waals surface area contributed by atoms with E-state index in [1.165, 1.54) is 11.1 Å². The van der Waals surface area contributed by atoms with Crippen LogP contribution in [0.25, 0.3) is 61.2 Å². The number of benzene rings is 5. The summed E-state index contributed by atoms with van der Waals surface area (Å²) in [6.45, 7) is 2.10. The molecule has 0 N–H and O–H groups in total. The van der Waals surface area contributed by atoms with Crippen molar-refractivity contribution in [2.45, 2.75) is 0 Å². The number of rotatable bonds is 4. The Bertz CT molecular complexity index is 2410. The predicted octanol–water partition coefficient (Wildman–Crippen LogP) is 8.70. The predicted molar refractivity (Wildman–Crippen MR) is 183 cm³/mol. The maximum Gasteiger partial charge on any atom is 0.132 e. The maximum atomic E-state index is 5.06. The monoisotopic (exact) mass is 774 g/mol. The second-order valence-electron chi connectivity index (χ2n) is 11.4. The summed E-state index contributed by atoms with van der Waals surface area (Å²) in [6, 6.07) is 47.4. The van der Waals surface area contributed by atoms with Crippen LogP contribution in [0.5, 0.6) is 0 Å². The van der Waals surface area contributed by atoms with Crippen LogP contribution in [0.4, 0.5) is 17.1 Å².